The van der Waals surface area contributed by atoms with Crippen molar-refractivity contribution >= 4 is 11.9 Å². The summed E-state index contributed by atoms with van der Waals surface area (Å²) in [7, 11) is 0. The molecule has 0 spiro atoms. The third kappa shape index (κ3) is 3.76. The van der Waals surface area contributed by atoms with E-state index in [9.17, 15) is 18.4 Å². The predicted molar refractivity (Wildman–Crippen MR) is 69.5 cm³/mol. The van der Waals surface area contributed by atoms with E-state index in [1.54, 1.807) is 13.8 Å². The van der Waals surface area contributed by atoms with Crippen LogP contribution >= 0.6 is 0 Å². The van der Waals surface area contributed by atoms with Gasteiger partial charge >= 0.3 is 5.97 Å². The second-order valence-corrected chi connectivity index (χ2v) is 4.82. The molecule has 1 amide bonds. The quantitative estimate of drug-likeness (QED) is 0.904. The van der Waals surface area contributed by atoms with Crippen LogP contribution in [0.4, 0.5) is 8.78 Å². The van der Waals surface area contributed by atoms with Gasteiger partial charge in [0.05, 0.1) is 12.0 Å². The number of aryl methyl sites for hydroxylation is 1. The average Bonchev–Trinajstić information content (AvgIpc) is 2.32. The van der Waals surface area contributed by atoms with Crippen LogP contribution in [0.25, 0.3) is 0 Å². The minimum Gasteiger partial charge on any atom is -0.481 e. The first-order valence-corrected chi connectivity index (χ1v) is 6.22. The van der Waals surface area contributed by atoms with Gasteiger partial charge in [0.25, 0.3) is 5.91 Å². The van der Waals surface area contributed by atoms with Gasteiger partial charge in [0.1, 0.15) is 11.6 Å². The highest BCUT2D eigenvalue weighted by molar-refractivity contribution is 5.95. The van der Waals surface area contributed by atoms with E-state index < -0.39 is 23.5 Å². The molecule has 110 valence electrons. The van der Waals surface area contributed by atoms with Crippen LogP contribution in [0.15, 0.2) is 12.1 Å². The number of halogens is 2. The van der Waals surface area contributed by atoms with Crippen molar-refractivity contribution in [3.63, 3.8) is 0 Å². The standard InChI is InChI=1S/C14H17F2NO3/c1-8(2)17(5-4-13(18)19)14(20)10-6-9(3)11(15)7-12(10)16/h6-8H,4-5H2,1-3H3,(H,18,19). The molecule has 0 atom stereocenters. The SMILES string of the molecule is Cc1cc(C(=O)N(CCC(=O)O)C(C)C)c(F)cc1F. The maximum Gasteiger partial charge on any atom is 0.305 e. The van der Waals surface area contributed by atoms with Gasteiger partial charge in [-0.05, 0) is 32.4 Å². The highest BCUT2D eigenvalue weighted by Gasteiger charge is 2.23. The van der Waals surface area contributed by atoms with Crippen molar-refractivity contribution < 1.29 is 23.5 Å². The van der Waals surface area contributed by atoms with Gasteiger partial charge in [0.2, 0.25) is 0 Å². The zero-order chi connectivity index (χ0) is 15.4. The molecule has 0 aliphatic heterocycles. The Kier molecular flexibility index (Phi) is 5.19. The van der Waals surface area contributed by atoms with Crippen molar-refractivity contribution in [2.24, 2.45) is 0 Å². The molecule has 0 unspecified atom stereocenters. The van der Waals surface area contributed by atoms with Crippen LogP contribution < -0.4 is 0 Å². The molecule has 0 fully saturated rings. The number of aliphatic carboxylic acids is 1. The lowest BCUT2D eigenvalue weighted by Gasteiger charge is -2.26. The first kappa shape index (κ1) is 16.1. The summed E-state index contributed by atoms with van der Waals surface area (Å²) in [6.45, 7) is 4.81. The summed E-state index contributed by atoms with van der Waals surface area (Å²) >= 11 is 0. The van der Waals surface area contributed by atoms with Gasteiger partial charge in [-0.15, -0.1) is 0 Å². The number of carboxylic acids is 1. The van der Waals surface area contributed by atoms with Crippen molar-refractivity contribution in [3.05, 3.63) is 34.9 Å². The lowest BCUT2D eigenvalue weighted by molar-refractivity contribution is -0.137. The Bertz CT molecular complexity index is 529. The Morgan fingerprint density at radius 1 is 1.25 bits per heavy atom. The topological polar surface area (TPSA) is 57.6 Å². The van der Waals surface area contributed by atoms with Crippen LogP contribution in [0, 0.1) is 18.6 Å². The molecule has 1 aromatic carbocycles. The molecule has 0 saturated heterocycles. The number of hydrogen-bond donors (Lipinski definition) is 1. The molecule has 0 aliphatic carbocycles. The number of carboxylic acid groups (broad SMARTS) is 1. The summed E-state index contributed by atoms with van der Waals surface area (Å²) in [5.74, 6) is -3.35. The van der Waals surface area contributed by atoms with E-state index in [-0.39, 0.29) is 30.1 Å². The highest BCUT2D eigenvalue weighted by atomic mass is 19.1. The number of carbonyl (C=O) groups excluding carboxylic acids is 1. The van der Waals surface area contributed by atoms with E-state index in [0.717, 1.165) is 6.07 Å². The molecule has 1 rings (SSSR count). The van der Waals surface area contributed by atoms with Crippen LogP contribution in [0.1, 0.15) is 36.2 Å². The van der Waals surface area contributed by atoms with Crippen LogP contribution in [0.2, 0.25) is 0 Å². The predicted octanol–water partition coefficient (Wildman–Crippen LogP) is 2.60. The van der Waals surface area contributed by atoms with Gasteiger partial charge in [-0.25, -0.2) is 8.78 Å². The van der Waals surface area contributed by atoms with Crippen molar-refractivity contribution in [3.8, 4) is 0 Å². The fourth-order valence-corrected chi connectivity index (χ4v) is 1.79. The van der Waals surface area contributed by atoms with Crippen LogP contribution in [-0.4, -0.2) is 34.5 Å². The van der Waals surface area contributed by atoms with Gasteiger partial charge in [-0.3, -0.25) is 9.59 Å². The normalized spacial score (nSPS) is 10.7. The smallest absolute Gasteiger partial charge is 0.305 e. The maximum absolute atomic E-state index is 13.7. The molecule has 20 heavy (non-hydrogen) atoms. The van der Waals surface area contributed by atoms with Crippen molar-refractivity contribution in [1.29, 1.82) is 0 Å². The van der Waals surface area contributed by atoms with Crippen molar-refractivity contribution in [2.45, 2.75) is 33.2 Å². The zero-order valence-electron chi connectivity index (χ0n) is 11.6. The Morgan fingerprint density at radius 3 is 2.35 bits per heavy atom. The Balaban J connectivity index is 3.06. The number of amides is 1. The number of rotatable bonds is 5. The van der Waals surface area contributed by atoms with E-state index in [0.29, 0.717) is 6.07 Å². The van der Waals surface area contributed by atoms with Crippen molar-refractivity contribution in [2.75, 3.05) is 6.54 Å². The summed E-state index contributed by atoms with van der Waals surface area (Å²) in [6.07, 6.45) is -0.230. The lowest BCUT2D eigenvalue weighted by atomic mass is 10.1. The van der Waals surface area contributed by atoms with Crippen LogP contribution in [0.3, 0.4) is 0 Å². The van der Waals surface area contributed by atoms with E-state index in [4.69, 9.17) is 5.11 Å². The van der Waals surface area contributed by atoms with E-state index in [2.05, 4.69) is 0 Å². The van der Waals surface area contributed by atoms with E-state index in [1.807, 2.05) is 0 Å². The number of nitrogens with zero attached hydrogens (tertiary/aromatic N) is 1. The molecule has 0 aliphatic rings. The Hall–Kier alpha value is -1.98. The second-order valence-electron chi connectivity index (χ2n) is 4.82. The third-order valence-electron chi connectivity index (χ3n) is 2.93. The average molecular weight is 285 g/mol. The van der Waals surface area contributed by atoms with Crippen molar-refractivity contribution in [1.82, 2.24) is 4.90 Å². The molecule has 0 heterocycles. The molecule has 1 aromatic rings. The number of carbonyl (C=O) groups is 2. The third-order valence-corrected chi connectivity index (χ3v) is 2.93. The van der Waals surface area contributed by atoms with Gasteiger partial charge in [0.15, 0.2) is 0 Å². The molecule has 4 nitrogen and oxygen atoms in total. The van der Waals surface area contributed by atoms with Gasteiger partial charge in [-0.1, -0.05) is 0 Å². The molecule has 0 saturated carbocycles. The fourth-order valence-electron chi connectivity index (χ4n) is 1.79. The molecule has 0 aromatic heterocycles. The minimum atomic E-state index is -1.04. The molecule has 0 bridgehead atoms. The number of benzene rings is 1. The van der Waals surface area contributed by atoms with Gasteiger partial charge in [-0.2, -0.15) is 0 Å². The summed E-state index contributed by atoms with van der Waals surface area (Å²) in [6, 6.07) is 1.52. The highest BCUT2D eigenvalue weighted by Crippen LogP contribution is 2.17. The fraction of sp³-hybridized carbons (Fsp3) is 0.429. The largest absolute Gasteiger partial charge is 0.481 e. The molecular weight excluding hydrogens is 268 g/mol. The van der Waals surface area contributed by atoms with Crippen LogP contribution in [-0.2, 0) is 4.79 Å². The minimum absolute atomic E-state index is 0.0261. The molecule has 0 radical (unpaired) electrons. The van der Waals surface area contributed by atoms with E-state index >= 15 is 0 Å². The summed E-state index contributed by atoms with van der Waals surface area (Å²) in [5, 5.41) is 8.67. The molecule has 6 heteroatoms. The lowest BCUT2D eigenvalue weighted by Crippen LogP contribution is -2.39. The zero-order valence-corrected chi connectivity index (χ0v) is 11.6. The Labute approximate surface area is 116 Å². The van der Waals surface area contributed by atoms with Crippen LogP contribution in [0.5, 0.6) is 0 Å². The van der Waals surface area contributed by atoms with E-state index in [1.165, 1.54) is 11.8 Å². The first-order chi connectivity index (χ1) is 9.23. The maximum atomic E-state index is 13.7. The second kappa shape index (κ2) is 6.45. The Morgan fingerprint density at radius 2 is 1.85 bits per heavy atom. The summed E-state index contributed by atoms with van der Waals surface area (Å²) in [5.41, 5.74) is -0.0836. The van der Waals surface area contributed by atoms with Gasteiger partial charge < -0.3 is 10.0 Å². The summed E-state index contributed by atoms with van der Waals surface area (Å²) in [4.78, 5) is 24.1. The molecular formula is C14H17F2NO3. The monoisotopic (exact) mass is 285 g/mol. The number of hydrogen-bond acceptors (Lipinski definition) is 2. The summed E-state index contributed by atoms with van der Waals surface area (Å²) < 4.78 is 26.9. The first-order valence-electron chi connectivity index (χ1n) is 6.22. The molecule has 1 N–H and O–H groups in total. The van der Waals surface area contributed by atoms with Gasteiger partial charge in [0, 0.05) is 18.7 Å².